The van der Waals surface area contributed by atoms with Gasteiger partial charge in [-0.1, -0.05) is 0 Å². The highest BCUT2D eigenvalue weighted by molar-refractivity contribution is 5.76. The van der Waals surface area contributed by atoms with E-state index in [0.717, 1.165) is 37.3 Å². The molecule has 1 amide bonds. The van der Waals surface area contributed by atoms with Crippen molar-refractivity contribution in [3.63, 3.8) is 0 Å². The van der Waals surface area contributed by atoms with Gasteiger partial charge in [0.05, 0.1) is 18.3 Å². The third kappa shape index (κ3) is 3.81. The van der Waals surface area contributed by atoms with Crippen LogP contribution in [0, 0.1) is 13.8 Å². The van der Waals surface area contributed by atoms with Gasteiger partial charge in [-0.2, -0.15) is 10.2 Å². The Morgan fingerprint density at radius 1 is 1.35 bits per heavy atom. The molecular formula is C17H25N5O. The van der Waals surface area contributed by atoms with Crippen LogP contribution in [0.2, 0.25) is 0 Å². The molecular weight excluding hydrogens is 290 g/mol. The molecule has 1 aliphatic rings. The molecule has 124 valence electrons. The predicted molar refractivity (Wildman–Crippen MR) is 87.9 cm³/mol. The Labute approximate surface area is 137 Å². The smallest absolute Gasteiger partial charge is 0.224 e. The summed E-state index contributed by atoms with van der Waals surface area (Å²) in [7, 11) is 0. The standard InChI is InChI=1S/C17H25N5O/c1-14-12-15(2)22(19-14)11-7-17(23)21-10-4-3-6-16(21)13-20-9-5-8-18-20/h5,8-9,12,16H,3-4,6-7,10-11,13H2,1-2H3. The number of aryl methyl sites for hydroxylation is 3. The number of amides is 1. The van der Waals surface area contributed by atoms with Crippen LogP contribution in [0.4, 0.5) is 0 Å². The van der Waals surface area contributed by atoms with Crippen LogP contribution in [0.3, 0.4) is 0 Å². The first-order valence-electron chi connectivity index (χ1n) is 8.41. The zero-order valence-electron chi connectivity index (χ0n) is 14.0. The van der Waals surface area contributed by atoms with E-state index < -0.39 is 0 Å². The van der Waals surface area contributed by atoms with Gasteiger partial charge in [-0.3, -0.25) is 14.2 Å². The van der Waals surface area contributed by atoms with E-state index in [1.165, 1.54) is 6.42 Å². The van der Waals surface area contributed by atoms with E-state index >= 15 is 0 Å². The summed E-state index contributed by atoms with van der Waals surface area (Å²) in [5.41, 5.74) is 2.12. The average molecular weight is 315 g/mol. The fourth-order valence-corrected chi connectivity index (χ4v) is 3.39. The van der Waals surface area contributed by atoms with Gasteiger partial charge in [-0.25, -0.2) is 0 Å². The summed E-state index contributed by atoms with van der Waals surface area (Å²) in [4.78, 5) is 14.7. The summed E-state index contributed by atoms with van der Waals surface area (Å²) >= 11 is 0. The highest BCUT2D eigenvalue weighted by atomic mass is 16.2. The molecule has 0 aromatic carbocycles. The van der Waals surface area contributed by atoms with Gasteiger partial charge in [0.2, 0.25) is 5.91 Å². The first-order valence-corrected chi connectivity index (χ1v) is 8.41. The highest BCUT2D eigenvalue weighted by Gasteiger charge is 2.26. The third-order valence-corrected chi connectivity index (χ3v) is 4.55. The highest BCUT2D eigenvalue weighted by Crippen LogP contribution is 2.19. The lowest BCUT2D eigenvalue weighted by Crippen LogP contribution is -2.46. The minimum atomic E-state index is 0.231. The molecule has 1 aliphatic heterocycles. The molecule has 1 fully saturated rings. The Bertz CT molecular complexity index is 646. The van der Waals surface area contributed by atoms with Crippen LogP contribution in [-0.4, -0.2) is 43.0 Å². The number of rotatable bonds is 5. The first kappa shape index (κ1) is 15.8. The molecule has 0 saturated carbocycles. The maximum absolute atomic E-state index is 12.7. The SMILES string of the molecule is Cc1cc(C)n(CCC(=O)N2CCCCC2Cn2cccn2)n1. The maximum atomic E-state index is 12.7. The summed E-state index contributed by atoms with van der Waals surface area (Å²) < 4.78 is 3.86. The van der Waals surface area contributed by atoms with Crippen molar-refractivity contribution in [2.24, 2.45) is 0 Å². The summed E-state index contributed by atoms with van der Waals surface area (Å²) in [5, 5.41) is 8.72. The van der Waals surface area contributed by atoms with Crippen molar-refractivity contribution in [1.29, 1.82) is 0 Å². The Kier molecular flexibility index (Phi) is 4.79. The van der Waals surface area contributed by atoms with Crippen LogP contribution in [0.1, 0.15) is 37.1 Å². The Morgan fingerprint density at radius 3 is 2.91 bits per heavy atom. The lowest BCUT2D eigenvalue weighted by molar-refractivity contribution is -0.135. The van der Waals surface area contributed by atoms with Crippen LogP contribution >= 0.6 is 0 Å². The van der Waals surface area contributed by atoms with Gasteiger partial charge in [-0.15, -0.1) is 0 Å². The predicted octanol–water partition coefficient (Wildman–Crippen LogP) is 2.17. The molecule has 2 aromatic rings. The Balaban J connectivity index is 1.60. The normalized spacial score (nSPS) is 18.3. The third-order valence-electron chi connectivity index (χ3n) is 4.55. The van der Waals surface area contributed by atoms with Gasteiger partial charge in [0, 0.05) is 37.6 Å². The van der Waals surface area contributed by atoms with Gasteiger partial charge in [0.15, 0.2) is 0 Å². The molecule has 0 spiro atoms. The molecule has 23 heavy (non-hydrogen) atoms. The minimum absolute atomic E-state index is 0.231. The summed E-state index contributed by atoms with van der Waals surface area (Å²) in [6, 6.07) is 4.24. The summed E-state index contributed by atoms with van der Waals surface area (Å²) in [6.45, 7) is 6.33. The fourth-order valence-electron chi connectivity index (χ4n) is 3.39. The zero-order chi connectivity index (χ0) is 16.2. The van der Waals surface area contributed by atoms with E-state index in [2.05, 4.69) is 15.1 Å². The van der Waals surface area contributed by atoms with Crippen molar-refractivity contribution in [3.8, 4) is 0 Å². The van der Waals surface area contributed by atoms with Gasteiger partial charge < -0.3 is 4.90 Å². The van der Waals surface area contributed by atoms with E-state index in [1.807, 2.05) is 41.5 Å². The van der Waals surface area contributed by atoms with Crippen molar-refractivity contribution in [1.82, 2.24) is 24.5 Å². The second-order valence-electron chi connectivity index (χ2n) is 6.37. The molecule has 6 nitrogen and oxygen atoms in total. The quantitative estimate of drug-likeness (QED) is 0.849. The second-order valence-corrected chi connectivity index (χ2v) is 6.37. The fraction of sp³-hybridized carbons (Fsp3) is 0.588. The van der Waals surface area contributed by atoms with Crippen molar-refractivity contribution in [3.05, 3.63) is 35.9 Å². The van der Waals surface area contributed by atoms with E-state index in [9.17, 15) is 4.79 Å². The van der Waals surface area contributed by atoms with Crippen LogP contribution in [0.5, 0.6) is 0 Å². The molecule has 1 atom stereocenters. The number of hydrogen-bond acceptors (Lipinski definition) is 3. The monoisotopic (exact) mass is 315 g/mol. The largest absolute Gasteiger partial charge is 0.338 e. The number of aromatic nitrogens is 4. The number of likely N-dealkylation sites (tertiary alicyclic amines) is 1. The van der Waals surface area contributed by atoms with E-state index in [4.69, 9.17) is 0 Å². The average Bonchev–Trinajstić information content (AvgIpc) is 3.15. The Morgan fingerprint density at radius 2 is 2.22 bits per heavy atom. The molecule has 3 heterocycles. The summed E-state index contributed by atoms with van der Waals surface area (Å²) in [5.74, 6) is 0.231. The first-order chi connectivity index (χ1) is 11.1. The maximum Gasteiger partial charge on any atom is 0.224 e. The van der Waals surface area contributed by atoms with Crippen LogP contribution in [-0.2, 0) is 17.9 Å². The van der Waals surface area contributed by atoms with Crippen LogP contribution in [0.15, 0.2) is 24.5 Å². The molecule has 2 aromatic heterocycles. The van der Waals surface area contributed by atoms with Crippen molar-refractivity contribution < 1.29 is 4.79 Å². The van der Waals surface area contributed by atoms with Gasteiger partial charge in [0.1, 0.15) is 0 Å². The lowest BCUT2D eigenvalue weighted by Gasteiger charge is -2.36. The van der Waals surface area contributed by atoms with Crippen molar-refractivity contribution in [2.75, 3.05) is 6.54 Å². The van der Waals surface area contributed by atoms with Crippen LogP contribution in [0.25, 0.3) is 0 Å². The van der Waals surface area contributed by atoms with Crippen LogP contribution < -0.4 is 0 Å². The molecule has 6 heteroatoms. The summed E-state index contributed by atoms with van der Waals surface area (Å²) in [6.07, 6.45) is 7.61. The Hall–Kier alpha value is -2.11. The molecule has 3 rings (SSSR count). The number of carbonyl (C=O) groups is 1. The number of piperidine rings is 1. The van der Waals surface area contributed by atoms with Gasteiger partial charge in [-0.05, 0) is 45.2 Å². The zero-order valence-corrected chi connectivity index (χ0v) is 14.0. The van der Waals surface area contributed by atoms with Gasteiger partial charge in [0.25, 0.3) is 0 Å². The molecule has 1 saturated heterocycles. The van der Waals surface area contributed by atoms with Crippen molar-refractivity contribution in [2.45, 2.75) is 58.7 Å². The number of carbonyl (C=O) groups excluding carboxylic acids is 1. The van der Waals surface area contributed by atoms with Gasteiger partial charge >= 0.3 is 0 Å². The molecule has 0 radical (unpaired) electrons. The topological polar surface area (TPSA) is 56.0 Å². The molecule has 1 unspecified atom stereocenters. The number of nitrogens with zero attached hydrogens (tertiary/aromatic N) is 5. The van der Waals surface area contributed by atoms with E-state index in [-0.39, 0.29) is 11.9 Å². The molecule has 0 N–H and O–H groups in total. The van der Waals surface area contributed by atoms with Crippen molar-refractivity contribution >= 4 is 5.91 Å². The van der Waals surface area contributed by atoms with E-state index in [0.29, 0.717) is 13.0 Å². The molecule has 0 bridgehead atoms. The van der Waals surface area contributed by atoms with E-state index in [1.54, 1.807) is 6.20 Å². The molecule has 0 aliphatic carbocycles. The second kappa shape index (κ2) is 6.98. The lowest BCUT2D eigenvalue weighted by atomic mass is 10.0. The minimum Gasteiger partial charge on any atom is -0.338 e. The number of hydrogen-bond donors (Lipinski definition) is 0.